The van der Waals surface area contributed by atoms with Crippen LogP contribution in [0, 0.1) is 11.8 Å². The number of fused-ring (bicyclic) bond motifs is 2. The molecule has 3 amide bonds. The van der Waals surface area contributed by atoms with Crippen LogP contribution in [0.2, 0.25) is 0 Å². The Morgan fingerprint density at radius 3 is 2.34 bits per heavy atom. The van der Waals surface area contributed by atoms with Gasteiger partial charge < -0.3 is 29.3 Å². The minimum absolute atomic E-state index is 0.0621. The third-order valence-corrected chi connectivity index (χ3v) is 10.4. The minimum Gasteiger partial charge on any atom is -0.494 e. The van der Waals surface area contributed by atoms with E-state index in [4.69, 9.17) is 9.47 Å². The summed E-state index contributed by atoms with van der Waals surface area (Å²) in [5.74, 6) is -1.29. The van der Waals surface area contributed by atoms with E-state index in [1.54, 1.807) is 9.80 Å². The Kier molecular flexibility index (Phi) is 8.88. The van der Waals surface area contributed by atoms with Crippen LogP contribution in [-0.4, -0.2) is 88.8 Å². The first-order valence-electron chi connectivity index (χ1n) is 16.7. The van der Waals surface area contributed by atoms with Crippen molar-refractivity contribution in [2.24, 2.45) is 11.8 Å². The zero-order valence-electron chi connectivity index (χ0n) is 26.2. The number of anilines is 1. The van der Waals surface area contributed by atoms with Gasteiger partial charge in [0.15, 0.2) is 0 Å². The van der Waals surface area contributed by atoms with Gasteiger partial charge in [-0.05, 0) is 63.8 Å². The van der Waals surface area contributed by atoms with E-state index in [-0.39, 0.29) is 30.4 Å². The second kappa shape index (κ2) is 12.7. The van der Waals surface area contributed by atoms with Gasteiger partial charge in [-0.2, -0.15) is 0 Å². The van der Waals surface area contributed by atoms with Crippen LogP contribution >= 0.6 is 0 Å². The Morgan fingerprint density at radius 2 is 1.61 bits per heavy atom. The number of unbranched alkanes of at least 4 members (excludes halogenated alkanes) is 3. The number of aliphatic hydroxyl groups excluding tert-OH is 1. The Balaban J connectivity index is 1.37. The molecule has 44 heavy (non-hydrogen) atoms. The van der Waals surface area contributed by atoms with Gasteiger partial charge >= 0.3 is 0 Å². The average Bonchev–Trinajstić information content (AvgIpc) is 3.28. The number of carbonyl (C=O) groups is 3. The summed E-state index contributed by atoms with van der Waals surface area (Å²) in [5, 5.41) is 9.24. The maximum absolute atomic E-state index is 14.6. The molecular weight excluding hydrogens is 558 g/mol. The third kappa shape index (κ3) is 5.26. The number of benzene rings is 1. The van der Waals surface area contributed by atoms with Crippen molar-refractivity contribution in [1.29, 1.82) is 0 Å². The fourth-order valence-corrected chi connectivity index (χ4v) is 8.37. The van der Waals surface area contributed by atoms with Crippen LogP contribution in [0.5, 0.6) is 5.75 Å². The molecule has 9 nitrogen and oxygen atoms in total. The second-order valence-corrected chi connectivity index (χ2v) is 13.1. The van der Waals surface area contributed by atoms with Crippen molar-refractivity contribution < 1.29 is 29.0 Å². The Hall–Kier alpha value is -3.17. The molecule has 1 N–H and O–H groups in total. The molecule has 238 valence electrons. The first-order valence-corrected chi connectivity index (χ1v) is 16.7. The molecule has 0 aromatic heterocycles. The lowest BCUT2D eigenvalue weighted by Gasteiger charge is -2.40. The van der Waals surface area contributed by atoms with Gasteiger partial charge in [0.1, 0.15) is 17.4 Å². The fourth-order valence-electron chi connectivity index (χ4n) is 8.37. The van der Waals surface area contributed by atoms with E-state index in [0.717, 1.165) is 56.4 Å². The van der Waals surface area contributed by atoms with Crippen molar-refractivity contribution in [3.05, 3.63) is 48.6 Å². The Morgan fingerprint density at radius 1 is 0.886 bits per heavy atom. The highest BCUT2D eigenvalue weighted by Crippen LogP contribution is 2.57. The number of amides is 3. The summed E-state index contributed by atoms with van der Waals surface area (Å²) in [4.78, 5) is 49.3. The van der Waals surface area contributed by atoms with Gasteiger partial charge in [0.25, 0.3) is 0 Å². The van der Waals surface area contributed by atoms with Gasteiger partial charge in [-0.1, -0.05) is 56.4 Å². The van der Waals surface area contributed by atoms with Crippen molar-refractivity contribution in [2.45, 2.75) is 94.9 Å². The van der Waals surface area contributed by atoms with Crippen LogP contribution < -0.4 is 9.64 Å². The third-order valence-electron chi connectivity index (χ3n) is 10.4. The van der Waals surface area contributed by atoms with Crippen LogP contribution in [0.25, 0.3) is 0 Å². The molecule has 4 heterocycles. The van der Waals surface area contributed by atoms with E-state index in [1.165, 1.54) is 6.42 Å². The fraction of sp³-hybridized carbons (Fsp3) is 0.629. The van der Waals surface area contributed by atoms with Crippen LogP contribution in [0.1, 0.15) is 71.6 Å². The summed E-state index contributed by atoms with van der Waals surface area (Å²) < 4.78 is 12.6. The zero-order chi connectivity index (χ0) is 30.9. The highest BCUT2D eigenvalue weighted by atomic mass is 16.5. The normalized spacial score (nSPS) is 32.0. The summed E-state index contributed by atoms with van der Waals surface area (Å²) in [6.07, 6.45) is 16.3. The highest BCUT2D eigenvalue weighted by molar-refractivity contribution is 6.04. The van der Waals surface area contributed by atoms with E-state index in [0.29, 0.717) is 32.7 Å². The summed E-state index contributed by atoms with van der Waals surface area (Å²) in [6, 6.07) is 6.79. The Bertz CT molecular complexity index is 1290. The predicted molar refractivity (Wildman–Crippen MR) is 167 cm³/mol. The number of likely N-dealkylation sites (tertiary alicyclic amines) is 1. The summed E-state index contributed by atoms with van der Waals surface area (Å²) >= 11 is 0. The van der Waals surface area contributed by atoms with Gasteiger partial charge in [0.05, 0.1) is 24.0 Å². The molecule has 1 aromatic rings. The van der Waals surface area contributed by atoms with E-state index in [2.05, 4.69) is 0 Å². The minimum atomic E-state index is -1.23. The second-order valence-electron chi connectivity index (χ2n) is 13.1. The lowest BCUT2D eigenvalue weighted by Crippen LogP contribution is -2.57. The topological polar surface area (TPSA) is 99.6 Å². The van der Waals surface area contributed by atoms with Crippen molar-refractivity contribution >= 4 is 23.4 Å². The van der Waals surface area contributed by atoms with Crippen LogP contribution in [-0.2, 0) is 19.1 Å². The molecule has 1 aromatic carbocycles. The number of ether oxygens (including phenoxy) is 2. The van der Waals surface area contributed by atoms with Gasteiger partial charge in [0.2, 0.25) is 17.7 Å². The summed E-state index contributed by atoms with van der Waals surface area (Å²) in [7, 11) is 0. The average molecular weight is 606 g/mol. The van der Waals surface area contributed by atoms with E-state index >= 15 is 0 Å². The highest BCUT2D eigenvalue weighted by Gasteiger charge is 2.74. The van der Waals surface area contributed by atoms with Crippen LogP contribution in [0.4, 0.5) is 5.69 Å². The number of carbonyl (C=O) groups excluding carboxylic acids is 3. The van der Waals surface area contributed by atoms with E-state index < -0.39 is 29.1 Å². The van der Waals surface area contributed by atoms with E-state index in [9.17, 15) is 19.5 Å². The van der Waals surface area contributed by atoms with E-state index in [1.807, 2.05) is 67.3 Å². The quantitative estimate of drug-likeness (QED) is 0.317. The molecule has 0 bridgehead atoms. The van der Waals surface area contributed by atoms with Gasteiger partial charge in [0, 0.05) is 38.0 Å². The molecule has 9 heteroatoms. The SMILES string of the molecule is CCOc1ccc(N2CC=C[C@@]3(C)O[C@]45C=CCN(C6CCCCC6)C(=O)C4N(CCCCCCO)C(=O)[C@@H]5[C@H]3C2=O)cc1. The number of rotatable bonds is 10. The smallest absolute Gasteiger partial charge is 0.249 e. The largest absolute Gasteiger partial charge is 0.494 e. The van der Waals surface area contributed by atoms with Crippen molar-refractivity contribution in [3.63, 3.8) is 0 Å². The molecule has 1 unspecified atom stereocenters. The maximum atomic E-state index is 14.6. The van der Waals surface area contributed by atoms with Crippen LogP contribution in [0.3, 0.4) is 0 Å². The molecule has 2 saturated heterocycles. The molecule has 5 aliphatic rings. The van der Waals surface area contributed by atoms with Gasteiger partial charge in [-0.3, -0.25) is 14.4 Å². The lowest BCUT2D eigenvalue weighted by atomic mass is 9.74. The molecule has 3 fully saturated rings. The van der Waals surface area contributed by atoms with Gasteiger partial charge in [-0.15, -0.1) is 0 Å². The molecule has 1 saturated carbocycles. The lowest BCUT2D eigenvalue weighted by molar-refractivity contribution is -0.152. The predicted octanol–water partition coefficient (Wildman–Crippen LogP) is 4.24. The molecule has 5 atom stereocenters. The molecule has 0 radical (unpaired) electrons. The number of hydrogen-bond donors (Lipinski definition) is 1. The Labute approximate surface area is 260 Å². The number of aliphatic hydroxyl groups is 1. The molecule has 1 spiro atoms. The first-order chi connectivity index (χ1) is 21.3. The van der Waals surface area contributed by atoms with Crippen molar-refractivity contribution in [2.75, 3.05) is 37.7 Å². The summed E-state index contributed by atoms with van der Waals surface area (Å²) in [6.45, 7) is 5.79. The maximum Gasteiger partial charge on any atom is 0.249 e. The standard InChI is InChI=1S/C35H47N3O6/c1-3-43-27-17-15-26(16-18-27)36-22-11-19-34(2)28(31(36)40)29-32(41)38(21-9-4-5-10-24-39)30-33(42)37(25-13-7-6-8-14-25)23-12-20-35(29,30)44-34/h11-12,15-20,25,28-30,39H,3-10,13-14,21-24H2,1-2H3/t28-,29-,30?,34+,35-/m0/s1. The molecular formula is C35H47N3O6. The number of hydrogen-bond acceptors (Lipinski definition) is 6. The van der Waals surface area contributed by atoms with Crippen molar-refractivity contribution in [3.8, 4) is 5.75 Å². The van der Waals surface area contributed by atoms with Gasteiger partial charge in [-0.25, -0.2) is 0 Å². The molecule has 4 aliphatic heterocycles. The molecule has 1 aliphatic carbocycles. The first kappa shape index (κ1) is 30.8. The monoisotopic (exact) mass is 605 g/mol. The number of nitrogens with zero attached hydrogens (tertiary/aromatic N) is 3. The van der Waals surface area contributed by atoms with Crippen LogP contribution in [0.15, 0.2) is 48.6 Å². The van der Waals surface area contributed by atoms with Crippen molar-refractivity contribution in [1.82, 2.24) is 9.80 Å². The zero-order valence-corrected chi connectivity index (χ0v) is 26.2. The summed E-state index contributed by atoms with van der Waals surface area (Å²) in [5.41, 5.74) is -1.55. The molecule has 6 rings (SSSR count).